The Kier molecular flexibility index (Phi) is 8.64. The van der Waals surface area contributed by atoms with Crippen LogP contribution in [0.4, 0.5) is 44.1 Å². The van der Waals surface area contributed by atoms with E-state index in [0.717, 1.165) is 29.2 Å². The molecule has 0 amide bonds. The molecule has 0 saturated carbocycles. The van der Waals surface area contributed by atoms with Crippen molar-refractivity contribution in [2.75, 3.05) is 14.7 Å². The summed E-state index contributed by atoms with van der Waals surface area (Å²) in [5.74, 6) is 0. The Balaban J connectivity index is 1.20. The van der Waals surface area contributed by atoms with Gasteiger partial charge in [0.05, 0.1) is 5.37 Å². The van der Waals surface area contributed by atoms with Gasteiger partial charge >= 0.3 is 0 Å². The second-order valence-electron chi connectivity index (χ2n) is 13.3. The van der Waals surface area contributed by atoms with E-state index < -0.39 is 0 Å². The molecule has 7 aromatic carbocycles. The molecule has 0 bridgehead atoms. The highest BCUT2D eigenvalue weighted by molar-refractivity contribution is 8.00. The third-order valence-corrected chi connectivity index (χ3v) is 13.6. The van der Waals surface area contributed by atoms with Crippen molar-refractivity contribution in [1.82, 2.24) is 0 Å². The Morgan fingerprint density at radius 2 is 0.741 bits per heavy atom. The van der Waals surface area contributed by atoms with Gasteiger partial charge in [-0.15, -0.1) is 22.7 Å². The van der Waals surface area contributed by atoms with E-state index in [1.807, 2.05) is 34.4 Å². The van der Waals surface area contributed by atoms with Gasteiger partial charge in [0.1, 0.15) is 10.0 Å². The van der Waals surface area contributed by atoms with Crippen LogP contribution in [0, 0.1) is 0 Å². The molecule has 0 radical (unpaired) electrons. The molecule has 54 heavy (non-hydrogen) atoms. The van der Waals surface area contributed by atoms with Gasteiger partial charge in [-0.3, -0.25) is 0 Å². The second-order valence-corrected chi connectivity index (χ2v) is 16.5. The van der Waals surface area contributed by atoms with Gasteiger partial charge in [-0.05, 0) is 90.5 Å². The van der Waals surface area contributed by atoms with Crippen molar-refractivity contribution in [3.05, 3.63) is 200 Å². The standard InChI is InChI=1S/C48H35N3S3/c1-7-19-34(20-8-1)49(35-21-9-2-10-22-35)43-31-40-46(52-43)41-32-44(50(36-23-11-3-12-24-36)37-25-13-4-14-26-37)54-48(41)42-33-45(53-47(40)42)51(38-27-15-5-16-28-38)39-29-17-6-18-30-39/h1-32,45H,33H2. The number of hydrogen-bond acceptors (Lipinski definition) is 6. The summed E-state index contributed by atoms with van der Waals surface area (Å²) in [5.41, 5.74) is 8.46. The maximum Gasteiger partial charge on any atom is 0.101 e. The van der Waals surface area contributed by atoms with Gasteiger partial charge in [0, 0.05) is 65.6 Å². The van der Waals surface area contributed by atoms with Crippen molar-refractivity contribution in [2.45, 2.75) is 16.7 Å². The topological polar surface area (TPSA) is 9.72 Å². The molecule has 0 saturated heterocycles. The number of hydrogen-bond donors (Lipinski definition) is 0. The lowest BCUT2D eigenvalue weighted by molar-refractivity contribution is 0.875. The summed E-state index contributed by atoms with van der Waals surface area (Å²) in [5, 5.41) is 5.26. The average Bonchev–Trinajstić information content (AvgIpc) is 3.99. The van der Waals surface area contributed by atoms with Crippen LogP contribution in [0.25, 0.3) is 20.2 Å². The normalized spacial score (nSPS) is 13.6. The Bertz CT molecular complexity index is 2400. The smallest absolute Gasteiger partial charge is 0.101 e. The van der Waals surface area contributed by atoms with Crippen LogP contribution in [0.3, 0.4) is 0 Å². The summed E-state index contributed by atoms with van der Waals surface area (Å²) in [4.78, 5) is 8.75. The molecule has 1 atom stereocenters. The Morgan fingerprint density at radius 1 is 0.389 bits per heavy atom. The number of para-hydroxylation sites is 6. The van der Waals surface area contributed by atoms with Crippen LogP contribution in [0.5, 0.6) is 0 Å². The van der Waals surface area contributed by atoms with Crippen molar-refractivity contribution in [3.8, 4) is 0 Å². The molecule has 0 aliphatic carbocycles. The molecule has 1 unspecified atom stereocenters. The third-order valence-electron chi connectivity index (χ3n) is 9.96. The fourth-order valence-electron chi connectivity index (χ4n) is 7.59. The van der Waals surface area contributed by atoms with Crippen molar-refractivity contribution in [1.29, 1.82) is 0 Å². The first kappa shape index (κ1) is 32.8. The summed E-state index contributed by atoms with van der Waals surface area (Å²) in [6.07, 6.45) is 0.930. The fourth-order valence-corrected chi connectivity index (χ4v) is 11.8. The lowest BCUT2D eigenvalue weighted by Gasteiger charge is -2.30. The Morgan fingerprint density at radius 3 is 1.15 bits per heavy atom. The molecule has 10 rings (SSSR count). The van der Waals surface area contributed by atoms with Gasteiger partial charge in [0.15, 0.2) is 0 Å². The monoisotopic (exact) mass is 749 g/mol. The minimum Gasteiger partial charge on any atom is -0.328 e. The lowest BCUT2D eigenvalue weighted by atomic mass is 10.1. The van der Waals surface area contributed by atoms with Crippen molar-refractivity contribution < 1.29 is 0 Å². The number of benzene rings is 7. The van der Waals surface area contributed by atoms with E-state index in [-0.39, 0.29) is 5.37 Å². The van der Waals surface area contributed by atoms with Gasteiger partial charge in [-0.2, -0.15) is 0 Å². The highest BCUT2D eigenvalue weighted by Gasteiger charge is 2.34. The van der Waals surface area contributed by atoms with Crippen LogP contribution in [-0.2, 0) is 6.42 Å². The van der Waals surface area contributed by atoms with E-state index in [2.05, 4.69) is 209 Å². The van der Waals surface area contributed by atoms with Crippen LogP contribution in [-0.4, -0.2) is 5.37 Å². The highest BCUT2D eigenvalue weighted by Crippen LogP contribution is 2.56. The SMILES string of the molecule is c1ccc(N(c2ccccc2)c2cc3c(s2)c2c(c4cc(N(c5ccccc5)c5ccccc5)sc43)SC(N(c3ccccc3)c3ccccc3)C2)cc1. The molecule has 0 fully saturated rings. The van der Waals surface area contributed by atoms with Crippen molar-refractivity contribution in [3.63, 3.8) is 0 Å². The summed E-state index contributed by atoms with van der Waals surface area (Å²) in [7, 11) is 0. The highest BCUT2D eigenvalue weighted by atomic mass is 32.2. The number of anilines is 8. The summed E-state index contributed by atoms with van der Waals surface area (Å²) < 4.78 is 2.71. The van der Waals surface area contributed by atoms with E-state index in [0.29, 0.717) is 0 Å². The van der Waals surface area contributed by atoms with Crippen molar-refractivity contribution >= 4 is 98.7 Å². The van der Waals surface area contributed by atoms with Gasteiger partial charge in [-0.25, -0.2) is 0 Å². The van der Waals surface area contributed by atoms with Gasteiger partial charge in [0.25, 0.3) is 0 Å². The minimum atomic E-state index is 0.186. The van der Waals surface area contributed by atoms with Crippen LogP contribution < -0.4 is 14.7 Å². The zero-order valence-electron chi connectivity index (χ0n) is 29.3. The molecule has 6 heteroatoms. The summed E-state index contributed by atoms with van der Waals surface area (Å²) >= 11 is 5.83. The lowest BCUT2D eigenvalue weighted by Crippen LogP contribution is -2.27. The molecular weight excluding hydrogens is 715 g/mol. The second kappa shape index (κ2) is 14.2. The fraction of sp³-hybridized carbons (Fsp3) is 0.0417. The number of nitrogens with zero attached hydrogens (tertiary/aromatic N) is 3. The molecule has 9 aromatic rings. The van der Waals surface area contributed by atoms with E-state index >= 15 is 0 Å². The largest absolute Gasteiger partial charge is 0.328 e. The van der Waals surface area contributed by atoms with Gasteiger partial charge in [-0.1, -0.05) is 121 Å². The average molecular weight is 750 g/mol. The molecule has 0 N–H and O–H groups in total. The first-order valence-corrected chi connectivity index (χ1v) is 20.7. The van der Waals surface area contributed by atoms with Crippen LogP contribution in [0.1, 0.15) is 5.56 Å². The van der Waals surface area contributed by atoms with Crippen LogP contribution in [0.15, 0.2) is 199 Å². The van der Waals surface area contributed by atoms with Crippen molar-refractivity contribution in [2.24, 2.45) is 0 Å². The molecule has 1 aliphatic heterocycles. The molecule has 1 aliphatic rings. The number of fused-ring (bicyclic) bond motifs is 6. The Labute approximate surface area is 328 Å². The van der Waals surface area contributed by atoms with E-state index in [1.165, 1.54) is 52.0 Å². The molecule has 260 valence electrons. The van der Waals surface area contributed by atoms with Crippen LogP contribution in [0.2, 0.25) is 0 Å². The number of rotatable bonds is 9. The quantitative estimate of drug-likeness (QED) is 0.145. The first-order chi connectivity index (χ1) is 26.8. The van der Waals surface area contributed by atoms with Crippen LogP contribution >= 0.6 is 34.4 Å². The van der Waals surface area contributed by atoms with E-state index in [4.69, 9.17) is 0 Å². The molecule has 0 spiro atoms. The predicted molar refractivity (Wildman–Crippen MR) is 235 cm³/mol. The van der Waals surface area contributed by atoms with E-state index in [1.54, 1.807) is 0 Å². The zero-order valence-corrected chi connectivity index (χ0v) is 31.8. The van der Waals surface area contributed by atoms with Gasteiger partial charge in [0.2, 0.25) is 0 Å². The summed E-state index contributed by atoms with van der Waals surface area (Å²) in [6, 6.07) is 69.7. The molecule has 2 aromatic heterocycles. The summed E-state index contributed by atoms with van der Waals surface area (Å²) in [6.45, 7) is 0. The number of thioether (sulfide) groups is 1. The number of thiophene rings is 2. The van der Waals surface area contributed by atoms with Gasteiger partial charge < -0.3 is 14.7 Å². The first-order valence-electron chi connectivity index (χ1n) is 18.2. The predicted octanol–water partition coefficient (Wildman–Crippen LogP) is 14.9. The molecule has 3 nitrogen and oxygen atoms in total. The Hall–Kier alpha value is -5.79. The van der Waals surface area contributed by atoms with E-state index in [9.17, 15) is 0 Å². The maximum atomic E-state index is 2.53. The third kappa shape index (κ3) is 5.93. The molecular formula is C48H35N3S3. The maximum absolute atomic E-state index is 2.53. The molecule has 3 heterocycles. The minimum absolute atomic E-state index is 0.186. The zero-order chi connectivity index (χ0) is 35.8.